The molecule has 0 aliphatic carbocycles. The molecule has 7 heteroatoms. The largest absolute Gasteiger partial charge is 0.383 e. The molecule has 0 fully saturated rings. The van der Waals surface area contributed by atoms with Gasteiger partial charge >= 0.3 is 0 Å². The Morgan fingerprint density at radius 1 is 1.41 bits per heavy atom. The maximum atomic E-state index is 12.4. The number of methoxy groups -OCH3 is 1. The molecule has 22 heavy (non-hydrogen) atoms. The van der Waals surface area contributed by atoms with E-state index in [1.165, 1.54) is 7.11 Å². The molecule has 0 saturated heterocycles. The molecule has 1 amide bonds. The van der Waals surface area contributed by atoms with Gasteiger partial charge in [0.2, 0.25) is 15.9 Å². The van der Waals surface area contributed by atoms with Crippen molar-refractivity contribution in [3.63, 3.8) is 0 Å². The van der Waals surface area contributed by atoms with E-state index >= 15 is 0 Å². The maximum absolute atomic E-state index is 12.4. The molecule has 1 unspecified atom stereocenters. The summed E-state index contributed by atoms with van der Waals surface area (Å²) in [5.41, 5.74) is 2.71. The Bertz CT molecular complexity index is 714. The van der Waals surface area contributed by atoms with Gasteiger partial charge in [0.05, 0.1) is 23.1 Å². The molecular weight excluding hydrogens is 304 g/mol. The van der Waals surface area contributed by atoms with Crippen LogP contribution in [0.25, 0.3) is 0 Å². The van der Waals surface area contributed by atoms with Gasteiger partial charge < -0.3 is 9.64 Å². The third-order valence-electron chi connectivity index (χ3n) is 4.30. The molecule has 2 heterocycles. The van der Waals surface area contributed by atoms with Crippen molar-refractivity contribution in [1.29, 1.82) is 0 Å². The normalized spacial score (nSPS) is 20.4. The van der Waals surface area contributed by atoms with Crippen molar-refractivity contribution < 1.29 is 17.9 Å². The van der Waals surface area contributed by atoms with Crippen LogP contribution in [0.5, 0.6) is 0 Å². The molecule has 2 aliphatic heterocycles. The predicted octanol–water partition coefficient (Wildman–Crippen LogP) is 1.01. The van der Waals surface area contributed by atoms with Crippen LogP contribution < -0.4 is 9.62 Å². The second-order valence-corrected chi connectivity index (χ2v) is 7.49. The monoisotopic (exact) mass is 324 g/mol. The topological polar surface area (TPSA) is 75.7 Å². The highest BCUT2D eigenvalue weighted by atomic mass is 32.2. The summed E-state index contributed by atoms with van der Waals surface area (Å²) in [7, 11) is -2.06. The fraction of sp³-hybridized carbons (Fsp3) is 0.533. The number of nitrogens with zero attached hydrogens (tertiary/aromatic N) is 1. The van der Waals surface area contributed by atoms with Gasteiger partial charge in [0.1, 0.15) is 0 Å². The summed E-state index contributed by atoms with van der Waals surface area (Å²) in [4.78, 5) is 14.3. The molecule has 0 aromatic heterocycles. The lowest BCUT2D eigenvalue weighted by Crippen LogP contribution is -2.32. The van der Waals surface area contributed by atoms with E-state index < -0.39 is 10.0 Å². The summed E-state index contributed by atoms with van der Waals surface area (Å²) in [6.07, 6.45) is 1.67. The second kappa shape index (κ2) is 5.64. The number of anilines is 1. The van der Waals surface area contributed by atoms with Crippen molar-refractivity contribution in [1.82, 2.24) is 4.72 Å². The molecule has 0 radical (unpaired) electrons. The molecular formula is C15H20N2O4S. The van der Waals surface area contributed by atoms with Gasteiger partial charge in [-0.05, 0) is 43.0 Å². The zero-order chi connectivity index (χ0) is 15.9. The van der Waals surface area contributed by atoms with Gasteiger partial charge in [-0.15, -0.1) is 0 Å². The number of hydrogen-bond acceptors (Lipinski definition) is 4. The first-order chi connectivity index (χ1) is 10.5. The first-order valence-corrected chi connectivity index (χ1v) is 8.91. The van der Waals surface area contributed by atoms with Gasteiger partial charge in [-0.25, -0.2) is 13.1 Å². The molecule has 0 spiro atoms. The Kier molecular flexibility index (Phi) is 3.96. The summed E-state index contributed by atoms with van der Waals surface area (Å²) in [6, 6.07) is 3.34. The lowest BCUT2D eigenvalue weighted by Gasteiger charge is -2.26. The number of hydrogen-bond donors (Lipinski definition) is 1. The number of aryl methyl sites for hydroxylation is 1. The third-order valence-corrected chi connectivity index (χ3v) is 5.74. The maximum Gasteiger partial charge on any atom is 0.240 e. The van der Waals surface area contributed by atoms with E-state index in [0.717, 1.165) is 36.2 Å². The smallest absolute Gasteiger partial charge is 0.240 e. The van der Waals surface area contributed by atoms with E-state index in [0.29, 0.717) is 6.61 Å². The van der Waals surface area contributed by atoms with Crippen LogP contribution in [0.3, 0.4) is 0 Å². The third kappa shape index (κ3) is 2.43. The second-order valence-electron chi connectivity index (χ2n) is 5.73. The molecule has 1 aromatic carbocycles. The van der Waals surface area contributed by atoms with Crippen LogP contribution in [0, 0.1) is 0 Å². The van der Waals surface area contributed by atoms with E-state index in [1.54, 1.807) is 17.0 Å². The number of sulfonamides is 1. The van der Waals surface area contributed by atoms with Crippen molar-refractivity contribution in [2.24, 2.45) is 0 Å². The fourth-order valence-corrected chi connectivity index (χ4v) is 4.28. The van der Waals surface area contributed by atoms with Crippen molar-refractivity contribution in [3.05, 3.63) is 23.3 Å². The first kappa shape index (κ1) is 15.5. The minimum absolute atomic E-state index is 0.0674. The molecule has 0 saturated carbocycles. The lowest BCUT2D eigenvalue weighted by atomic mass is 9.97. The molecule has 120 valence electrons. The van der Waals surface area contributed by atoms with Crippen molar-refractivity contribution in [2.45, 2.75) is 30.6 Å². The Morgan fingerprint density at radius 3 is 2.91 bits per heavy atom. The van der Waals surface area contributed by atoms with Crippen molar-refractivity contribution in [3.8, 4) is 0 Å². The van der Waals surface area contributed by atoms with E-state index in [9.17, 15) is 13.2 Å². The molecule has 1 atom stereocenters. The number of ether oxygens (including phenoxy) is 1. The number of amides is 1. The molecule has 1 aromatic rings. The van der Waals surface area contributed by atoms with Crippen LogP contribution in [0.15, 0.2) is 17.0 Å². The highest BCUT2D eigenvalue weighted by molar-refractivity contribution is 7.89. The average molecular weight is 324 g/mol. The van der Waals surface area contributed by atoms with Gasteiger partial charge in [0.15, 0.2) is 0 Å². The minimum Gasteiger partial charge on any atom is -0.383 e. The first-order valence-electron chi connectivity index (χ1n) is 7.42. The van der Waals surface area contributed by atoms with Crippen molar-refractivity contribution in [2.75, 3.05) is 31.7 Å². The number of benzene rings is 1. The number of carbonyl (C=O) groups is 1. The Morgan fingerprint density at radius 2 is 2.18 bits per heavy atom. The molecule has 2 aliphatic rings. The van der Waals surface area contributed by atoms with Gasteiger partial charge in [-0.2, -0.15) is 0 Å². The van der Waals surface area contributed by atoms with Crippen LogP contribution in [0.2, 0.25) is 0 Å². The van der Waals surface area contributed by atoms with E-state index in [-0.39, 0.29) is 23.3 Å². The lowest BCUT2D eigenvalue weighted by molar-refractivity contribution is -0.119. The molecule has 1 N–H and O–H groups in total. The van der Waals surface area contributed by atoms with Crippen LogP contribution in [-0.2, 0) is 26.0 Å². The van der Waals surface area contributed by atoms with Crippen LogP contribution >= 0.6 is 0 Å². The standard InChI is InChI=1S/C15H20N2O4S/c1-10-13-9-12(22(19,20)16-5-7-21-2)8-11-4-3-6-17(14(11)13)15(10)18/h8-10,16H,3-7H2,1-2H3. The number of nitrogens with one attached hydrogen (secondary N) is 1. The quantitative estimate of drug-likeness (QED) is 0.820. The molecule has 3 rings (SSSR count). The zero-order valence-corrected chi connectivity index (χ0v) is 13.6. The summed E-state index contributed by atoms with van der Waals surface area (Å²) < 4.78 is 32.2. The van der Waals surface area contributed by atoms with E-state index in [1.807, 2.05) is 6.92 Å². The van der Waals surface area contributed by atoms with Crippen LogP contribution in [0.4, 0.5) is 5.69 Å². The SMILES string of the molecule is COCCNS(=O)(=O)c1cc2c3c(c1)C(C)C(=O)N3CCC2. The van der Waals surface area contributed by atoms with Crippen LogP contribution in [-0.4, -0.2) is 41.1 Å². The number of rotatable bonds is 5. The van der Waals surface area contributed by atoms with Gasteiger partial charge in [-0.1, -0.05) is 0 Å². The summed E-state index contributed by atoms with van der Waals surface area (Å²) >= 11 is 0. The van der Waals surface area contributed by atoms with E-state index in [2.05, 4.69) is 4.72 Å². The van der Waals surface area contributed by atoms with Crippen molar-refractivity contribution >= 4 is 21.6 Å². The summed E-state index contributed by atoms with van der Waals surface area (Å²) in [6.45, 7) is 3.11. The average Bonchev–Trinajstić information content (AvgIpc) is 2.74. The highest BCUT2D eigenvalue weighted by Crippen LogP contribution is 2.43. The number of carbonyl (C=O) groups excluding carboxylic acids is 1. The Balaban J connectivity index is 2.01. The van der Waals surface area contributed by atoms with Gasteiger partial charge in [0, 0.05) is 20.2 Å². The van der Waals surface area contributed by atoms with E-state index in [4.69, 9.17) is 4.74 Å². The Hall–Kier alpha value is -1.44. The zero-order valence-electron chi connectivity index (χ0n) is 12.8. The van der Waals surface area contributed by atoms with Crippen LogP contribution in [0.1, 0.15) is 30.4 Å². The van der Waals surface area contributed by atoms with Gasteiger partial charge in [0.25, 0.3) is 0 Å². The Labute approximate surface area is 130 Å². The fourth-order valence-electron chi connectivity index (χ4n) is 3.18. The molecule has 0 bridgehead atoms. The highest BCUT2D eigenvalue weighted by Gasteiger charge is 2.38. The predicted molar refractivity (Wildman–Crippen MR) is 82.6 cm³/mol. The summed E-state index contributed by atoms with van der Waals surface area (Å²) in [5.74, 6) is -0.209. The summed E-state index contributed by atoms with van der Waals surface area (Å²) in [5, 5.41) is 0. The van der Waals surface area contributed by atoms with Gasteiger partial charge in [-0.3, -0.25) is 4.79 Å². The minimum atomic E-state index is -3.58. The molecule has 6 nitrogen and oxygen atoms in total.